The molecule has 5 saturated heterocycles. The van der Waals surface area contributed by atoms with Crippen LogP contribution in [-0.2, 0) is 21.6 Å². The van der Waals surface area contributed by atoms with Gasteiger partial charge in [-0.3, -0.25) is 0 Å². The Bertz CT molecular complexity index is 1570. The fourth-order valence-corrected chi connectivity index (χ4v) is 14.6. The van der Waals surface area contributed by atoms with Gasteiger partial charge < -0.3 is 4.74 Å². The van der Waals surface area contributed by atoms with E-state index in [-0.39, 0.29) is 23.2 Å². The Hall–Kier alpha value is -0.530. The van der Waals surface area contributed by atoms with Gasteiger partial charge in [-0.15, -0.1) is 11.6 Å². The van der Waals surface area contributed by atoms with E-state index in [1.165, 1.54) is 11.7 Å². The van der Waals surface area contributed by atoms with Crippen molar-refractivity contribution in [3.8, 4) is 0 Å². The zero-order chi connectivity index (χ0) is 23.7. The van der Waals surface area contributed by atoms with Crippen LogP contribution in [-0.4, -0.2) is 72.9 Å². The summed E-state index contributed by atoms with van der Waals surface area (Å²) in [5.41, 5.74) is -1.97. The Labute approximate surface area is 212 Å². The third kappa shape index (κ3) is 1.34. The number of alkyl halides is 2. The summed E-state index contributed by atoms with van der Waals surface area (Å²) in [6, 6.07) is -1.95. The molecule has 7 bridgehead atoms. The van der Waals surface area contributed by atoms with Gasteiger partial charge in [0.15, 0.2) is 4.36 Å². The summed E-state index contributed by atoms with van der Waals surface area (Å²) < 4.78 is 35.4. The third-order valence-electron chi connectivity index (χ3n) is 10.7. The van der Waals surface area contributed by atoms with Crippen LogP contribution in [0, 0.1) is 16.7 Å². The number of hydrogen-bond acceptors (Lipinski definition) is 7. The van der Waals surface area contributed by atoms with Gasteiger partial charge in [0.25, 0.3) is 0 Å². The Morgan fingerprint density at radius 1 is 0.971 bits per heavy atom. The Kier molecular flexibility index (Phi) is 3.07. The maximum absolute atomic E-state index is 13.8. The smallest absolute Gasteiger partial charge is 0.347 e. The second-order valence-electron chi connectivity index (χ2n) is 11.0. The summed E-state index contributed by atoms with van der Waals surface area (Å²) >= 11 is 27.7. The molecule has 182 valence electrons. The highest BCUT2D eigenvalue weighted by Gasteiger charge is 2.97. The molecule has 11 rings (SSSR count). The molecule has 2 saturated carbocycles. The molecule has 0 N–H and O–H groups in total. The summed E-state index contributed by atoms with van der Waals surface area (Å²) in [4.78, 5) is 25.1. The zero-order valence-electron chi connectivity index (χ0n) is 17.5. The van der Waals surface area contributed by atoms with Crippen LogP contribution in [0.1, 0.15) is 24.9 Å². The average Bonchev–Trinajstić information content (AvgIpc) is 3.43. The second kappa shape index (κ2) is 5.09. The molecule has 10 nitrogen and oxygen atoms in total. The monoisotopic (exact) mass is 567 g/mol. The average molecular weight is 569 g/mol. The lowest BCUT2D eigenvalue weighted by Gasteiger charge is -2.67. The number of halogens is 4. The van der Waals surface area contributed by atoms with Gasteiger partial charge in [0.2, 0.25) is 14.2 Å². The van der Waals surface area contributed by atoms with Crippen LogP contribution < -0.4 is 11.4 Å². The maximum atomic E-state index is 13.8. The van der Waals surface area contributed by atoms with Gasteiger partial charge in [-0.2, -0.15) is 0 Å². The molecule has 10 unspecified atom stereocenters. The van der Waals surface area contributed by atoms with Crippen molar-refractivity contribution in [1.29, 1.82) is 0 Å². The molecular weight excluding hydrogens is 552 g/mol. The van der Waals surface area contributed by atoms with Gasteiger partial charge in [0, 0.05) is 35.9 Å². The lowest BCUT2D eigenvalue weighted by atomic mass is 9.43. The quantitative estimate of drug-likeness (QED) is 0.332. The molecule has 10 atom stereocenters. The highest BCUT2D eigenvalue weighted by molar-refractivity contribution is 8.00. The van der Waals surface area contributed by atoms with Crippen LogP contribution in [0.3, 0.4) is 0 Å². The SMILES string of the molecule is Cn1c(=O)n2n(c1=O)C1C3C4C2C25COCC12C1CCC5N4N1C1(Cl)C3(Cl)C(Cl)=C(Cl)S1(=O)=O. The predicted molar refractivity (Wildman–Crippen MR) is 120 cm³/mol. The number of ether oxygens (including phenoxy) is 1. The number of nitrogens with zero attached hydrogens (tertiary/aromatic N) is 5. The van der Waals surface area contributed by atoms with E-state index in [0.717, 1.165) is 11.0 Å². The minimum atomic E-state index is -4.35. The van der Waals surface area contributed by atoms with Crippen molar-refractivity contribution in [1.82, 2.24) is 23.9 Å². The Morgan fingerprint density at radius 3 is 2.24 bits per heavy atom. The van der Waals surface area contributed by atoms with Crippen molar-refractivity contribution in [3.05, 3.63) is 30.4 Å². The van der Waals surface area contributed by atoms with Crippen LogP contribution in [0.15, 0.2) is 19.0 Å². The fourth-order valence-electron chi connectivity index (χ4n) is 10.1. The lowest BCUT2D eigenvalue weighted by Crippen LogP contribution is -2.80. The van der Waals surface area contributed by atoms with Crippen LogP contribution in [0.2, 0.25) is 0 Å². The first-order chi connectivity index (χ1) is 16.0. The van der Waals surface area contributed by atoms with Gasteiger partial charge in [-0.1, -0.05) is 34.8 Å². The zero-order valence-corrected chi connectivity index (χ0v) is 21.3. The van der Waals surface area contributed by atoms with Gasteiger partial charge in [-0.25, -0.2) is 42.0 Å². The molecule has 10 aliphatic rings. The van der Waals surface area contributed by atoms with Crippen molar-refractivity contribution >= 4 is 56.2 Å². The van der Waals surface area contributed by atoms with Crippen LogP contribution >= 0.6 is 46.4 Å². The summed E-state index contributed by atoms with van der Waals surface area (Å²) in [7, 11) is -2.89. The van der Waals surface area contributed by atoms with E-state index < -0.39 is 63.6 Å². The van der Waals surface area contributed by atoms with E-state index in [9.17, 15) is 18.0 Å². The molecule has 0 aromatic carbocycles. The van der Waals surface area contributed by atoms with E-state index in [0.29, 0.717) is 19.6 Å². The molecule has 0 radical (unpaired) electrons. The molecule has 9 heterocycles. The summed E-state index contributed by atoms with van der Waals surface area (Å²) in [6.07, 6.45) is 1.47. The lowest BCUT2D eigenvalue weighted by molar-refractivity contribution is -0.247. The number of aromatic nitrogens is 3. The second-order valence-corrected chi connectivity index (χ2v) is 15.3. The van der Waals surface area contributed by atoms with Crippen molar-refractivity contribution in [3.63, 3.8) is 0 Å². The molecular formula is C19H17Cl4N5O5S. The highest BCUT2D eigenvalue weighted by atomic mass is 35.5. The molecule has 0 amide bonds. The minimum absolute atomic E-state index is 0.108. The molecule has 1 spiro atoms. The van der Waals surface area contributed by atoms with Crippen molar-refractivity contribution in [2.24, 2.45) is 23.8 Å². The van der Waals surface area contributed by atoms with Crippen LogP contribution in [0.25, 0.3) is 0 Å². The van der Waals surface area contributed by atoms with Gasteiger partial charge in [-0.05, 0) is 12.8 Å². The number of hydrogen-bond donors (Lipinski definition) is 0. The summed E-state index contributed by atoms with van der Waals surface area (Å²) in [5.74, 6) is -0.686. The summed E-state index contributed by atoms with van der Waals surface area (Å²) in [6.45, 7) is 0.757. The first kappa shape index (κ1) is 20.5. The number of rotatable bonds is 0. The third-order valence-corrected chi connectivity index (χ3v) is 16.2. The highest BCUT2D eigenvalue weighted by Crippen LogP contribution is 2.87. The van der Waals surface area contributed by atoms with Gasteiger partial charge >= 0.3 is 11.4 Å². The predicted octanol–water partition coefficient (Wildman–Crippen LogP) is 0.482. The number of sulfone groups is 1. The minimum Gasteiger partial charge on any atom is -0.380 e. The number of fused-ring (bicyclic) bond motifs is 2. The van der Waals surface area contributed by atoms with Crippen molar-refractivity contribution in [2.75, 3.05) is 13.2 Å². The maximum Gasteiger partial charge on any atom is 0.347 e. The first-order valence-corrected chi connectivity index (χ1v) is 14.2. The van der Waals surface area contributed by atoms with E-state index in [1.54, 1.807) is 9.69 Å². The van der Waals surface area contributed by atoms with E-state index in [1.807, 2.05) is 0 Å². The van der Waals surface area contributed by atoms with E-state index in [4.69, 9.17) is 51.1 Å². The number of hydrazine groups is 1. The van der Waals surface area contributed by atoms with E-state index in [2.05, 4.69) is 5.01 Å². The molecule has 8 aliphatic heterocycles. The van der Waals surface area contributed by atoms with Crippen molar-refractivity contribution in [2.45, 2.75) is 52.3 Å². The first-order valence-electron chi connectivity index (χ1n) is 11.2. The summed E-state index contributed by atoms with van der Waals surface area (Å²) in [5, 5.41) is 3.60. The molecule has 15 heteroatoms. The normalized spacial score (nSPS) is 56.6. The molecule has 34 heavy (non-hydrogen) atoms. The van der Waals surface area contributed by atoms with Gasteiger partial charge in [0.1, 0.15) is 4.87 Å². The fraction of sp³-hybridized carbons (Fsp3) is 0.789. The van der Waals surface area contributed by atoms with Crippen LogP contribution in [0.5, 0.6) is 0 Å². The molecule has 2 aliphatic carbocycles. The molecule has 1 aromatic heterocycles. The largest absolute Gasteiger partial charge is 0.380 e. The van der Waals surface area contributed by atoms with Gasteiger partial charge in [0.05, 0.1) is 36.4 Å². The van der Waals surface area contributed by atoms with E-state index >= 15 is 0 Å². The topological polar surface area (TPSA) is 98.8 Å². The Balaban J connectivity index is 1.52. The Morgan fingerprint density at radius 2 is 1.56 bits per heavy atom. The standard InChI is InChI=1S/C19H17Cl4N5O5S/c1-24-14(29)26-11-8-9-12(27(26)15(24)30)16-4-33-5-17(11,16)7-3-2-6(16)25(9)28(7)19(23)18(8,22)10(20)13(21)34(19,31)32/h6-9,11-12H,2-5H2,1H3. The molecule has 7 fully saturated rings. The van der Waals surface area contributed by atoms with Crippen molar-refractivity contribution < 1.29 is 13.2 Å². The molecule has 1 aromatic rings. The van der Waals surface area contributed by atoms with Crippen LogP contribution in [0.4, 0.5) is 0 Å².